The number of benzene rings is 2. The van der Waals surface area contributed by atoms with Crippen LogP contribution in [0.4, 0.5) is 0 Å². The van der Waals surface area contributed by atoms with E-state index in [9.17, 15) is 9.59 Å². The Morgan fingerprint density at radius 1 is 1.03 bits per heavy atom. The van der Waals surface area contributed by atoms with Crippen molar-refractivity contribution >= 4 is 11.9 Å². The number of rotatable bonds is 10. The first-order valence-corrected chi connectivity index (χ1v) is 11.0. The molecule has 2 aromatic carbocycles. The number of carbonyl (C=O) groups excluding carboxylic acids is 2. The number of aryl methyl sites for hydroxylation is 3. The molecule has 3 aromatic rings. The molecule has 1 N–H and O–H groups in total. The summed E-state index contributed by atoms with van der Waals surface area (Å²) < 4.78 is 16.0. The third-order valence-corrected chi connectivity index (χ3v) is 5.47. The lowest BCUT2D eigenvalue weighted by atomic mass is 10.1. The Morgan fingerprint density at radius 2 is 1.70 bits per heavy atom. The largest absolute Gasteiger partial charge is 0.489 e. The zero-order valence-corrected chi connectivity index (χ0v) is 19.5. The van der Waals surface area contributed by atoms with Gasteiger partial charge in [-0.1, -0.05) is 48.5 Å². The van der Waals surface area contributed by atoms with Gasteiger partial charge in [-0.3, -0.25) is 9.59 Å². The van der Waals surface area contributed by atoms with Crippen LogP contribution in [-0.2, 0) is 33.8 Å². The van der Waals surface area contributed by atoms with E-state index in [2.05, 4.69) is 17.4 Å². The van der Waals surface area contributed by atoms with Crippen molar-refractivity contribution in [2.24, 2.45) is 0 Å². The van der Waals surface area contributed by atoms with Crippen molar-refractivity contribution in [3.8, 4) is 5.75 Å². The lowest BCUT2D eigenvalue weighted by Crippen LogP contribution is -2.31. The van der Waals surface area contributed by atoms with Gasteiger partial charge in [0.15, 0.2) is 6.61 Å². The van der Waals surface area contributed by atoms with E-state index in [4.69, 9.17) is 14.0 Å². The molecule has 0 bridgehead atoms. The maximum absolute atomic E-state index is 12.2. The highest BCUT2D eigenvalue weighted by atomic mass is 16.5. The van der Waals surface area contributed by atoms with Gasteiger partial charge in [-0.2, -0.15) is 0 Å². The molecule has 0 aliphatic heterocycles. The molecule has 0 fully saturated rings. The molecule has 7 nitrogen and oxygen atoms in total. The molecule has 0 radical (unpaired) electrons. The molecular formula is C26H30N2O5. The highest BCUT2D eigenvalue weighted by molar-refractivity contribution is 5.81. The Balaban J connectivity index is 1.41. The minimum atomic E-state index is -0.463. The summed E-state index contributed by atoms with van der Waals surface area (Å²) >= 11 is 0. The standard InChI is InChI=1S/C26H30N2O5/c1-5-20-6-10-22(11-7-20)17(2)27-25(29)16-32-26(30)14-21-8-12-23(13-9-21)31-15-24-18(3)28-33-19(24)4/h6-13,17H,5,14-16H2,1-4H3,(H,27,29). The maximum atomic E-state index is 12.2. The molecule has 0 aliphatic rings. The van der Waals surface area contributed by atoms with Gasteiger partial charge < -0.3 is 19.3 Å². The first-order valence-electron chi connectivity index (χ1n) is 11.0. The SMILES string of the molecule is CCc1ccc(C(C)NC(=O)COC(=O)Cc2ccc(OCc3c(C)noc3C)cc2)cc1. The number of carbonyl (C=O) groups is 2. The van der Waals surface area contributed by atoms with Gasteiger partial charge in [0, 0.05) is 0 Å². The van der Waals surface area contributed by atoms with E-state index >= 15 is 0 Å². The number of aromatic nitrogens is 1. The molecule has 33 heavy (non-hydrogen) atoms. The molecule has 0 saturated carbocycles. The zero-order chi connectivity index (χ0) is 23.8. The molecule has 0 saturated heterocycles. The Hall–Kier alpha value is -3.61. The molecule has 0 spiro atoms. The van der Waals surface area contributed by atoms with Crippen molar-refractivity contribution in [2.45, 2.75) is 53.2 Å². The first kappa shape index (κ1) is 24.0. The molecule has 1 unspecified atom stereocenters. The fourth-order valence-corrected chi connectivity index (χ4v) is 3.34. The van der Waals surface area contributed by atoms with Gasteiger partial charge in [-0.15, -0.1) is 0 Å². The minimum absolute atomic E-state index is 0.0749. The van der Waals surface area contributed by atoms with Gasteiger partial charge in [0.2, 0.25) is 0 Å². The van der Waals surface area contributed by atoms with Crippen LogP contribution in [0.25, 0.3) is 0 Å². The molecular weight excluding hydrogens is 420 g/mol. The smallest absolute Gasteiger partial charge is 0.310 e. The molecule has 1 atom stereocenters. The number of hydrogen-bond donors (Lipinski definition) is 1. The van der Waals surface area contributed by atoms with Crippen LogP contribution < -0.4 is 10.1 Å². The van der Waals surface area contributed by atoms with Crippen molar-refractivity contribution in [3.05, 3.63) is 82.2 Å². The third kappa shape index (κ3) is 6.94. The third-order valence-electron chi connectivity index (χ3n) is 5.47. The van der Waals surface area contributed by atoms with Crippen LogP contribution in [0.2, 0.25) is 0 Å². The zero-order valence-electron chi connectivity index (χ0n) is 19.5. The van der Waals surface area contributed by atoms with Gasteiger partial charge in [0.05, 0.1) is 23.7 Å². The van der Waals surface area contributed by atoms with Gasteiger partial charge in [-0.25, -0.2) is 0 Å². The number of hydrogen-bond acceptors (Lipinski definition) is 6. The van der Waals surface area contributed by atoms with Crippen molar-refractivity contribution < 1.29 is 23.6 Å². The van der Waals surface area contributed by atoms with Crippen LogP contribution in [-0.4, -0.2) is 23.6 Å². The van der Waals surface area contributed by atoms with Crippen LogP contribution in [0, 0.1) is 13.8 Å². The lowest BCUT2D eigenvalue weighted by molar-refractivity contribution is -0.148. The molecule has 1 amide bonds. The highest BCUT2D eigenvalue weighted by Crippen LogP contribution is 2.18. The second kappa shape index (κ2) is 11.3. The summed E-state index contributed by atoms with van der Waals surface area (Å²) in [6, 6.07) is 15.1. The van der Waals surface area contributed by atoms with E-state index in [0.29, 0.717) is 12.4 Å². The molecule has 7 heteroatoms. The van der Waals surface area contributed by atoms with E-state index in [1.807, 2.05) is 45.0 Å². The summed E-state index contributed by atoms with van der Waals surface area (Å²) in [6.45, 7) is 7.76. The maximum Gasteiger partial charge on any atom is 0.310 e. The summed E-state index contributed by atoms with van der Waals surface area (Å²) in [5, 5.41) is 6.76. The number of ether oxygens (including phenoxy) is 2. The topological polar surface area (TPSA) is 90.7 Å². The Morgan fingerprint density at radius 3 is 2.30 bits per heavy atom. The summed E-state index contributed by atoms with van der Waals surface area (Å²) in [4.78, 5) is 24.3. The summed E-state index contributed by atoms with van der Waals surface area (Å²) in [6.07, 6.45) is 1.04. The van der Waals surface area contributed by atoms with Gasteiger partial charge in [-0.05, 0) is 56.0 Å². The predicted molar refractivity (Wildman–Crippen MR) is 124 cm³/mol. The Kier molecular flexibility index (Phi) is 8.24. The highest BCUT2D eigenvalue weighted by Gasteiger charge is 2.13. The predicted octanol–water partition coefficient (Wildman–Crippen LogP) is 4.40. The Bertz CT molecular complexity index is 1050. The summed E-state index contributed by atoms with van der Waals surface area (Å²) in [5.41, 5.74) is 4.75. The lowest BCUT2D eigenvalue weighted by Gasteiger charge is -2.15. The summed E-state index contributed by atoms with van der Waals surface area (Å²) in [7, 11) is 0. The molecule has 1 aromatic heterocycles. The van der Waals surface area contributed by atoms with Gasteiger partial charge in [0.1, 0.15) is 18.1 Å². The number of esters is 1. The van der Waals surface area contributed by atoms with E-state index in [1.165, 1.54) is 5.56 Å². The number of nitrogens with one attached hydrogen (secondary N) is 1. The van der Waals surface area contributed by atoms with Crippen molar-refractivity contribution in [3.63, 3.8) is 0 Å². The summed E-state index contributed by atoms with van der Waals surface area (Å²) in [5.74, 6) is 0.611. The number of amides is 1. The second-order valence-corrected chi connectivity index (χ2v) is 7.96. The van der Waals surface area contributed by atoms with E-state index in [0.717, 1.165) is 34.6 Å². The van der Waals surface area contributed by atoms with Crippen LogP contribution in [0.5, 0.6) is 5.75 Å². The first-order chi connectivity index (χ1) is 15.9. The molecule has 3 rings (SSSR count). The van der Waals surface area contributed by atoms with Crippen LogP contribution in [0.1, 0.15) is 53.6 Å². The quantitative estimate of drug-likeness (QED) is 0.461. The molecule has 0 aliphatic carbocycles. The van der Waals surface area contributed by atoms with Crippen molar-refractivity contribution in [1.82, 2.24) is 10.5 Å². The van der Waals surface area contributed by atoms with Crippen LogP contribution in [0.15, 0.2) is 53.1 Å². The van der Waals surface area contributed by atoms with Crippen LogP contribution >= 0.6 is 0 Å². The Labute approximate surface area is 194 Å². The van der Waals surface area contributed by atoms with Crippen molar-refractivity contribution in [1.29, 1.82) is 0 Å². The minimum Gasteiger partial charge on any atom is -0.489 e. The monoisotopic (exact) mass is 450 g/mol. The van der Waals surface area contributed by atoms with E-state index in [1.54, 1.807) is 24.3 Å². The van der Waals surface area contributed by atoms with Gasteiger partial charge >= 0.3 is 5.97 Å². The number of nitrogens with zero attached hydrogens (tertiary/aromatic N) is 1. The normalized spacial score (nSPS) is 11.6. The average molecular weight is 451 g/mol. The van der Waals surface area contributed by atoms with E-state index in [-0.39, 0.29) is 25.0 Å². The fraction of sp³-hybridized carbons (Fsp3) is 0.346. The van der Waals surface area contributed by atoms with Gasteiger partial charge in [0.25, 0.3) is 5.91 Å². The fourth-order valence-electron chi connectivity index (χ4n) is 3.34. The molecule has 1 heterocycles. The average Bonchev–Trinajstić information content (AvgIpc) is 3.14. The van der Waals surface area contributed by atoms with Crippen LogP contribution in [0.3, 0.4) is 0 Å². The van der Waals surface area contributed by atoms with E-state index < -0.39 is 5.97 Å². The molecule has 174 valence electrons. The second-order valence-electron chi connectivity index (χ2n) is 7.96. The van der Waals surface area contributed by atoms with Crippen molar-refractivity contribution in [2.75, 3.05) is 6.61 Å².